The highest BCUT2D eigenvalue weighted by atomic mass is 32.2. The van der Waals surface area contributed by atoms with Gasteiger partial charge in [-0.05, 0) is 30.3 Å². The number of carbonyl (C=O) groups is 1. The Bertz CT molecular complexity index is 924. The number of ether oxygens (including phenoxy) is 3. The van der Waals surface area contributed by atoms with E-state index in [4.69, 9.17) is 19.3 Å². The van der Waals surface area contributed by atoms with Crippen LogP contribution in [0, 0.1) is 0 Å². The van der Waals surface area contributed by atoms with Crippen LogP contribution in [-0.2, 0) is 10.0 Å². The summed E-state index contributed by atoms with van der Waals surface area (Å²) >= 11 is 0. The normalized spacial score (nSPS) is 13.2. The number of carboxylic acid groups (broad SMARTS) is 1. The van der Waals surface area contributed by atoms with E-state index in [-0.39, 0.29) is 21.9 Å². The average molecular weight is 365 g/mol. The van der Waals surface area contributed by atoms with Gasteiger partial charge in [0.1, 0.15) is 23.9 Å². The zero-order chi connectivity index (χ0) is 18.0. The zero-order valence-electron chi connectivity index (χ0n) is 13.2. The van der Waals surface area contributed by atoms with E-state index >= 15 is 0 Å². The van der Waals surface area contributed by atoms with Crippen LogP contribution in [0.2, 0.25) is 0 Å². The Hall–Kier alpha value is -2.94. The molecular weight excluding hydrogens is 350 g/mol. The fourth-order valence-corrected chi connectivity index (χ4v) is 3.58. The molecule has 0 aliphatic carbocycles. The number of sulfonamides is 1. The van der Waals surface area contributed by atoms with Crippen molar-refractivity contribution in [1.29, 1.82) is 0 Å². The summed E-state index contributed by atoms with van der Waals surface area (Å²) in [6.07, 6.45) is 0. The molecule has 1 heterocycles. The zero-order valence-corrected chi connectivity index (χ0v) is 14.0. The van der Waals surface area contributed by atoms with E-state index in [1.54, 1.807) is 6.07 Å². The second kappa shape index (κ2) is 6.52. The molecule has 0 unspecified atom stereocenters. The molecule has 25 heavy (non-hydrogen) atoms. The molecule has 2 aromatic carbocycles. The van der Waals surface area contributed by atoms with Crippen molar-refractivity contribution < 1.29 is 32.5 Å². The number of rotatable bonds is 5. The summed E-state index contributed by atoms with van der Waals surface area (Å²) in [5.74, 6) is -0.245. The predicted molar refractivity (Wildman–Crippen MR) is 88.2 cm³/mol. The lowest BCUT2D eigenvalue weighted by atomic mass is 10.2. The standard InChI is InChI=1S/C16H15NO7S/c1-22-13-4-2-10(16(18)19)8-15(13)25(20,21)17-11-3-5-12-14(9-11)24-7-6-23-12/h2-5,8-9,17H,6-7H2,1H3,(H,18,19). The number of aromatic carboxylic acids is 1. The number of hydrogen-bond acceptors (Lipinski definition) is 6. The minimum Gasteiger partial charge on any atom is -0.495 e. The van der Waals surface area contributed by atoms with Crippen LogP contribution in [0.4, 0.5) is 5.69 Å². The quantitative estimate of drug-likeness (QED) is 0.833. The van der Waals surface area contributed by atoms with Gasteiger partial charge in [0.2, 0.25) is 0 Å². The lowest BCUT2D eigenvalue weighted by Crippen LogP contribution is -2.17. The van der Waals surface area contributed by atoms with Gasteiger partial charge in [-0.3, -0.25) is 4.72 Å². The smallest absolute Gasteiger partial charge is 0.335 e. The Morgan fingerprint density at radius 2 is 1.84 bits per heavy atom. The monoisotopic (exact) mass is 365 g/mol. The van der Waals surface area contributed by atoms with E-state index in [0.29, 0.717) is 24.7 Å². The number of anilines is 1. The fraction of sp³-hybridized carbons (Fsp3) is 0.188. The molecule has 132 valence electrons. The molecule has 0 radical (unpaired) electrons. The summed E-state index contributed by atoms with van der Waals surface area (Å²) in [6, 6.07) is 8.23. The van der Waals surface area contributed by atoms with Crippen molar-refractivity contribution >= 4 is 21.7 Å². The summed E-state index contributed by atoms with van der Waals surface area (Å²) in [5.41, 5.74) is 0.0929. The summed E-state index contributed by atoms with van der Waals surface area (Å²) in [4.78, 5) is 10.8. The molecule has 8 nitrogen and oxygen atoms in total. The van der Waals surface area contributed by atoms with Gasteiger partial charge in [-0.15, -0.1) is 0 Å². The van der Waals surface area contributed by atoms with E-state index in [9.17, 15) is 13.2 Å². The van der Waals surface area contributed by atoms with Crippen LogP contribution in [0.3, 0.4) is 0 Å². The molecule has 2 N–H and O–H groups in total. The van der Waals surface area contributed by atoms with Crippen molar-refractivity contribution in [3.63, 3.8) is 0 Å². The molecule has 9 heteroatoms. The highest BCUT2D eigenvalue weighted by Gasteiger charge is 2.23. The highest BCUT2D eigenvalue weighted by Crippen LogP contribution is 2.34. The summed E-state index contributed by atoms with van der Waals surface area (Å²) < 4.78 is 43.6. The molecule has 2 aromatic rings. The van der Waals surface area contributed by atoms with E-state index in [1.165, 1.54) is 31.4 Å². The molecular formula is C16H15NO7S. The Balaban J connectivity index is 1.97. The number of carboxylic acids is 1. The van der Waals surface area contributed by atoms with Gasteiger partial charge >= 0.3 is 5.97 Å². The van der Waals surface area contributed by atoms with Crippen LogP contribution in [0.15, 0.2) is 41.3 Å². The Morgan fingerprint density at radius 1 is 1.12 bits per heavy atom. The van der Waals surface area contributed by atoms with E-state index in [0.717, 1.165) is 6.07 Å². The van der Waals surface area contributed by atoms with Gasteiger partial charge in [-0.1, -0.05) is 0 Å². The molecule has 0 saturated heterocycles. The largest absolute Gasteiger partial charge is 0.495 e. The molecule has 0 fully saturated rings. The van der Waals surface area contributed by atoms with Gasteiger partial charge in [0, 0.05) is 6.07 Å². The maximum absolute atomic E-state index is 12.7. The molecule has 0 atom stereocenters. The summed E-state index contributed by atoms with van der Waals surface area (Å²) in [5, 5.41) is 9.07. The van der Waals surface area contributed by atoms with Crippen LogP contribution in [0.5, 0.6) is 17.2 Å². The third-order valence-corrected chi connectivity index (χ3v) is 4.90. The van der Waals surface area contributed by atoms with Gasteiger partial charge in [0.15, 0.2) is 11.5 Å². The van der Waals surface area contributed by atoms with E-state index in [1.807, 2.05) is 0 Å². The van der Waals surface area contributed by atoms with Crippen molar-refractivity contribution in [2.24, 2.45) is 0 Å². The predicted octanol–water partition coefficient (Wildman–Crippen LogP) is 1.97. The van der Waals surface area contributed by atoms with Gasteiger partial charge in [0.05, 0.1) is 18.4 Å². The molecule has 0 spiro atoms. The van der Waals surface area contributed by atoms with Crippen molar-refractivity contribution in [3.8, 4) is 17.2 Å². The molecule has 1 aliphatic heterocycles. The lowest BCUT2D eigenvalue weighted by molar-refractivity contribution is 0.0696. The second-order valence-electron chi connectivity index (χ2n) is 5.13. The van der Waals surface area contributed by atoms with Crippen molar-refractivity contribution in [3.05, 3.63) is 42.0 Å². The van der Waals surface area contributed by atoms with Crippen molar-refractivity contribution in [2.75, 3.05) is 25.0 Å². The van der Waals surface area contributed by atoms with Crippen molar-refractivity contribution in [1.82, 2.24) is 0 Å². The first kappa shape index (κ1) is 16.9. The highest BCUT2D eigenvalue weighted by molar-refractivity contribution is 7.92. The van der Waals surface area contributed by atoms with Crippen LogP contribution in [0.1, 0.15) is 10.4 Å². The maximum atomic E-state index is 12.7. The van der Waals surface area contributed by atoms with E-state index in [2.05, 4.69) is 4.72 Å². The van der Waals surface area contributed by atoms with Gasteiger partial charge < -0.3 is 19.3 Å². The minimum atomic E-state index is -4.07. The first-order valence-corrected chi connectivity index (χ1v) is 8.73. The summed E-state index contributed by atoms with van der Waals surface area (Å²) in [7, 11) is -2.77. The maximum Gasteiger partial charge on any atom is 0.335 e. The summed E-state index contributed by atoms with van der Waals surface area (Å²) in [6.45, 7) is 0.801. The number of fused-ring (bicyclic) bond motifs is 1. The third-order valence-electron chi connectivity index (χ3n) is 3.49. The number of benzene rings is 2. The van der Waals surface area contributed by atoms with Gasteiger partial charge in [-0.2, -0.15) is 0 Å². The number of methoxy groups -OCH3 is 1. The topological polar surface area (TPSA) is 111 Å². The fourth-order valence-electron chi connectivity index (χ4n) is 2.34. The van der Waals surface area contributed by atoms with Crippen LogP contribution in [0.25, 0.3) is 0 Å². The molecule has 0 aromatic heterocycles. The number of hydrogen-bond donors (Lipinski definition) is 2. The number of nitrogens with one attached hydrogen (secondary N) is 1. The Kier molecular flexibility index (Phi) is 4.41. The SMILES string of the molecule is COc1ccc(C(=O)O)cc1S(=O)(=O)Nc1ccc2c(c1)OCCO2. The molecule has 0 saturated carbocycles. The van der Waals surface area contributed by atoms with E-state index < -0.39 is 16.0 Å². The minimum absolute atomic E-state index is 0.0371. The molecule has 3 rings (SSSR count). The molecule has 1 aliphatic rings. The van der Waals surface area contributed by atoms with Crippen molar-refractivity contribution in [2.45, 2.75) is 4.90 Å². The Labute approximate surface area is 144 Å². The lowest BCUT2D eigenvalue weighted by Gasteiger charge is -2.19. The molecule has 0 amide bonds. The second-order valence-corrected chi connectivity index (χ2v) is 6.79. The first-order chi connectivity index (χ1) is 11.9. The average Bonchev–Trinajstić information content (AvgIpc) is 2.60. The van der Waals surface area contributed by atoms with Crippen LogP contribution in [-0.4, -0.2) is 39.8 Å². The molecule has 0 bridgehead atoms. The van der Waals surface area contributed by atoms with Gasteiger partial charge in [-0.25, -0.2) is 13.2 Å². The van der Waals surface area contributed by atoms with Crippen LogP contribution >= 0.6 is 0 Å². The van der Waals surface area contributed by atoms with Gasteiger partial charge in [0.25, 0.3) is 10.0 Å². The van der Waals surface area contributed by atoms with Crippen LogP contribution < -0.4 is 18.9 Å². The first-order valence-electron chi connectivity index (χ1n) is 7.24. The Morgan fingerprint density at radius 3 is 2.52 bits per heavy atom. The third kappa shape index (κ3) is 3.45.